The van der Waals surface area contributed by atoms with Crippen molar-refractivity contribution in [2.45, 2.75) is 13.3 Å². The molecule has 0 aromatic heterocycles. The van der Waals surface area contributed by atoms with Gasteiger partial charge in [-0.2, -0.15) is 0 Å². The van der Waals surface area contributed by atoms with Gasteiger partial charge in [0.1, 0.15) is 5.83 Å². The van der Waals surface area contributed by atoms with E-state index in [1.165, 1.54) is 0 Å². The molecule has 0 fully saturated rings. The zero-order valence-corrected chi connectivity index (χ0v) is 15.2. The van der Waals surface area contributed by atoms with Crippen LogP contribution in [-0.4, -0.2) is 12.6 Å². The molecule has 0 N–H and O–H groups in total. The van der Waals surface area contributed by atoms with Crippen molar-refractivity contribution < 1.29 is 13.9 Å². The molecule has 0 saturated carbocycles. The normalized spacial score (nSPS) is 11.6. The first-order valence-corrected chi connectivity index (χ1v) is 8.94. The van der Waals surface area contributed by atoms with Crippen molar-refractivity contribution in [2.24, 2.45) is 0 Å². The lowest BCUT2D eigenvalue weighted by molar-refractivity contribution is -0.138. The maximum atomic E-state index is 15.0. The first kappa shape index (κ1) is 18.6. The maximum Gasteiger partial charge on any atom is 0.337 e. The Morgan fingerprint density at radius 2 is 1.37 bits per heavy atom. The van der Waals surface area contributed by atoms with E-state index >= 15 is 0 Å². The van der Waals surface area contributed by atoms with Crippen LogP contribution in [0.3, 0.4) is 0 Å². The van der Waals surface area contributed by atoms with Crippen LogP contribution in [0.2, 0.25) is 0 Å². The van der Waals surface area contributed by atoms with Crippen LogP contribution in [0.1, 0.15) is 18.1 Å². The molecular formula is C24H21FO2. The van der Waals surface area contributed by atoms with E-state index in [1.807, 2.05) is 60.7 Å². The van der Waals surface area contributed by atoms with Crippen LogP contribution in [0, 0.1) is 0 Å². The second kappa shape index (κ2) is 8.95. The van der Waals surface area contributed by atoms with Gasteiger partial charge in [-0.25, -0.2) is 9.18 Å². The molecule has 0 aliphatic carbocycles. The quantitative estimate of drug-likeness (QED) is 0.408. The van der Waals surface area contributed by atoms with E-state index in [2.05, 4.69) is 0 Å². The summed E-state index contributed by atoms with van der Waals surface area (Å²) in [5, 5.41) is 0. The Labute approximate surface area is 158 Å². The SMILES string of the molecule is CCOC(=O)/C(Cc1ccc(-c2ccccc2)cc1)=C(/F)c1ccccc1. The van der Waals surface area contributed by atoms with Crippen molar-refractivity contribution in [1.82, 2.24) is 0 Å². The molecule has 27 heavy (non-hydrogen) atoms. The molecule has 0 amide bonds. The zero-order valence-electron chi connectivity index (χ0n) is 15.2. The van der Waals surface area contributed by atoms with Gasteiger partial charge in [-0.3, -0.25) is 0 Å². The Morgan fingerprint density at radius 1 is 0.815 bits per heavy atom. The Kier molecular flexibility index (Phi) is 6.16. The summed E-state index contributed by atoms with van der Waals surface area (Å²) in [7, 11) is 0. The van der Waals surface area contributed by atoms with Crippen molar-refractivity contribution >= 4 is 11.8 Å². The fourth-order valence-electron chi connectivity index (χ4n) is 2.87. The van der Waals surface area contributed by atoms with Gasteiger partial charge in [-0.05, 0) is 23.6 Å². The summed E-state index contributed by atoms with van der Waals surface area (Å²) in [5.74, 6) is -1.16. The average Bonchev–Trinajstić information content (AvgIpc) is 2.73. The lowest BCUT2D eigenvalue weighted by atomic mass is 9.98. The van der Waals surface area contributed by atoms with E-state index in [4.69, 9.17) is 4.74 Å². The molecule has 0 saturated heterocycles. The molecule has 3 aromatic rings. The van der Waals surface area contributed by atoms with Crippen molar-refractivity contribution in [3.05, 3.63) is 102 Å². The Morgan fingerprint density at radius 3 is 1.96 bits per heavy atom. The second-order valence-electron chi connectivity index (χ2n) is 6.12. The van der Waals surface area contributed by atoms with Crippen LogP contribution in [-0.2, 0) is 16.0 Å². The molecule has 0 unspecified atom stereocenters. The second-order valence-corrected chi connectivity index (χ2v) is 6.12. The Hall–Kier alpha value is -3.20. The molecule has 0 spiro atoms. The third kappa shape index (κ3) is 4.70. The summed E-state index contributed by atoms with van der Waals surface area (Å²) in [6.45, 7) is 1.92. The van der Waals surface area contributed by atoms with E-state index in [0.717, 1.165) is 16.7 Å². The first-order chi connectivity index (χ1) is 13.2. The molecular weight excluding hydrogens is 339 g/mol. The topological polar surface area (TPSA) is 26.3 Å². The molecule has 3 rings (SSSR count). The minimum atomic E-state index is -0.619. The van der Waals surface area contributed by atoms with Gasteiger partial charge in [0.25, 0.3) is 0 Å². The summed E-state index contributed by atoms with van der Waals surface area (Å²) in [4.78, 5) is 12.3. The lowest BCUT2D eigenvalue weighted by Crippen LogP contribution is -2.11. The number of esters is 1. The zero-order chi connectivity index (χ0) is 19.1. The van der Waals surface area contributed by atoms with E-state index in [-0.39, 0.29) is 18.6 Å². The molecule has 2 nitrogen and oxygen atoms in total. The van der Waals surface area contributed by atoms with Gasteiger partial charge >= 0.3 is 5.97 Å². The predicted molar refractivity (Wildman–Crippen MR) is 107 cm³/mol. The van der Waals surface area contributed by atoms with Crippen LogP contribution in [0.15, 0.2) is 90.5 Å². The maximum absolute atomic E-state index is 15.0. The van der Waals surface area contributed by atoms with Crippen molar-refractivity contribution in [3.63, 3.8) is 0 Å². The van der Waals surface area contributed by atoms with Crippen LogP contribution < -0.4 is 0 Å². The number of ether oxygens (including phenoxy) is 1. The highest BCUT2D eigenvalue weighted by Gasteiger charge is 2.19. The number of benzene rings is 3. The molecule has 0 aliphatic rings. The third-order valence-electron chi connectivity index (χ3n) is 4.26. The van der Waals surface area contributed by atoms with Gasteiger partial charge < -0.3 is 4.74 Å². The monoisotopic (exact) mass is 360 g/mol. The molecule has 136 valence electrons. The van der Waals surface area contributed by atoms with E-state index in [1.54, 1.807) is 31.2 Å². The summed E-state index contributed by atoms with van der Waals surface area (Å²) in [5.41, 5.74) is 3.45. The fourth-order valence-corrected chi connectivity index (χ4v) is 2.87. The number of rotatable bonds is 6. The molecule has 0 heterocycles. The first-order valence-electron chi connectivity index (χ1n) is 8.94. The van der Waals surface area contributed by atoms with Crippen LogP contribution >= 0.6 is 0 Å². The standard InChI is InChI=1S/C24H21FO2/c1-2-27-24(26)22(23(25)21-11-7-4-8-12-21)17-18-13-15-20(16-14-18)19-9-5-3-6-10-19/h3-16H,2,17H2,1H3/b23-22+. The molecule has 0 bridgehead atoms. The number of carbonyl (C=O) groups excluding carboxylic acids is 1. The van der Waals surface area contributed by atoms with Crippen LogP contribution in [0.25, 0.3) is 17.0 Å². The number of carbonyl (C=O) groups is 1. The highest BCUT2D eigenvalue weighted by molar-refractivity contribution is 5.96. The number of halogens is 1. The van der Waals surface area contributed by atoms with Crippen LogP contribution in [0.4, 0.5) is 4.39 Å². The highest BCUT2D eigenvalue weighted by atomic mass is 19.1. The molecule has 0 atom stereocenters. The van der Waals surface area contributed by atoms with Crippen LogP contribution in [0.5, 0.6) is 0 Å². The van der Waals surface area contributed by atoms with Gasteiger partial charge in [0, 0.05) is 12.0 Å². The predicted octanol–water partition coefficient (Wildman–Crippen LogP) is 5.84. The van der Waals surface area contributed by atoms with Crippen molar-refractivity contribution in [1.29, 1.82) is 0 Å². The van der Waals surface area contributed by atoms with Gasteiger partial charge in [0.2, 0.25) is 0 Å². The average molecular weight is 360 g/mol. The van der Waals surface area contributed by atoms with Gasteiger partial charge in [0.15, 0.2) is 0 Å². The van der Waals surface area contributed by atoms with E-state index < -0.39 is 11.8 Å². The molecule has 0 aliphatic heterocycles. The van der Waals surface area contributed by atoms with Gasteiger partial charge in [-0.15, -0.1) is 0 Å². The fraction of sp³-hybridized carbons (Fsp3) is 0.125. The summed E-state index contributed by atoms with van der Waals surface area (Å²) >= 11 is 0. The molecule has 0 radical (unpaired) electrons. The summed E-state index contributed by atoms with van der Waals surface area (Å²) in [6, 6.07) is 26.4. The third-order valence-corrected chi connectivity index (χ3v) is 4.26. The van der Waals surface area contributed by atoms with Crippen molar-refractivity contribution in [3.8, 4) is 11.1 Å². The lowest BCUT2D eigenvalue weighted by Gasteiger charge is -2.10. The summed E-state index contributed by atoms with van der Waals surface area (Å²) in [6.07, 6.45) is 0.175. The minimum absolute atomic E-state index is 0.0375. The van der Waals surface area contributed by atoms with Crippen molar-refractivity contribution in [2.75, 3.05) is 6.61 Å². The minimum Gasteiger partial charge on any atom is -0.463 e. The smallest absolute Gasteiger partial charge is 0.337 e. The van der Waals surface area contributed by atoms with E-state index in [9.17, 15) is 9.18 Å². The van der Waals surface area contributed by atoms with Gasteiger partial charge in [0.05, 0.1) is 12.2 Å². The highest BCUT2D eigenvalue weighted by Crippen LogP contribution is 2.25. The Balaban J connectivity index is 1.89. The Bertz CT molecular complexity index is 914. The largest absolute Gasteiger partial charge is 0.463 e. The van der Waals surface area contributed by atoms with Gasteiger partial charge in [-0.1, -0.05) is 84.9 Å². The molecule has 3 aromatic carbocycles. The summed E-state index contributed by atoms with van der Waals surface area (Å²) < 4.78 is 20.1. The number of hydrogen-bond acceptors (Lipinski definition) is 2. The number of hydrogen-bond donors (Lipinski definition) is 0. The van der Waals surface area contributed by atoms with E-state index in [0.29, 0.717) is 5.56 Å². The molecule has 3 heteroatoms.